The van der Waals surface area contributed by atoms with Crippen LogP contribution >= 0.6 is 15.9 Å². The lowest BCUT2D eigenvalue weighted by molar-refractivity contribution is 0.468. The number of hydrogen-bond acceptors (Lipinski definition) is 3. The quantitative estimate of drug-likeness (QED) is 0.915. The van der Waals surface area contributed by atoms with Gasteiger partial charge in [0.25, 0.3) is 0 Å². The predicted molar refractivity (Wildman–Crippen MR) is 76.3 cm³/mol. The monoisotopic (exact) mass is 326 g/mol. The lowest BCUT2D eigenvalue weighted by Crippen LogP contribution is -2.13. The molecule has 0 saturated heterocycles. The van der Waals surface area contributed by atoms with Gasteiger partial charge in [-0.1, -0.05) is 13.8 Å². The number of hydrogen-bond donors (Lipinski definition) is 1. The Morgan fingerprint density at radius 3 is 2.89 bits per heavy atom. The van der Waals surface area contributed by atoms with Crippen molar-refractivity contribution in [3.05, 3.63) is 40.6 Å². The summed E-state index contributed by atoms with van der Waals surface area (Å²) in [7, 11) is 0. The lowest BCUT2D eigenvalue weighted by Gasteiger charge is -2.10. The van der Waals surface area contributed by atoms with Crippen molar-refractivity contribution < 1.29 is 4.39 Å². The Balaban J connectivity index is 2.02. The summed E-state index contributed by atoms with van der Waals surface area (Å²) < 4.78 is 15.4. The molecule has 0 aliphatic rings. The fourth-order valence-corrected chi connectivity index (χ4v) is 2.09. The number of anilines is 1. The Hall–Kier alpha value is -1.43. The van der Waals surface area contributed by atoms with E-state index >= 15 is 0 Å². The van der Waals surface area contributed by atoms with E-state index in [4.69, 9.17) is 0 Å². The first-order chi connectivity index (χ1) is 9.06. The van der Waals surface area contributed by atoms with Crippen molar-refractivity contribution in [2.75, 3.05) is 5.32 Å². The molecule has 0 amide bonds. The van der Waals surface area contributed by atoms with E-state index in [2.05, 4.69) is 45.2 Å². The van der Waals surface area contributed by atoms with E-state index in [-0.39, 0.29) is 5.82 Å². The second kappa shape index (κ2) is 6.14. The van der Waals surface area contributed by atoms with Crippen molar-refractivity contribution in [2.45, 2.75) is 26.9 Å². The molecule has 6 heteroatoms. The third kappa shape index (κ3) is 3.76. The second-order valence-electron chi connectivity index (χ2n) is 4.73. The zero-order chi connectivity index (χ0) is 13.8. The van der Waals surface area contributed by atoms with Crippen LogP contribution in [0.3, 0.4) is 0 Å². The van der Waals surface area contributed by atoms with Crippen LogP contribution in [-0.2, 0) is 13.1 Å². The van der Waals surface area contributed by atoms with Gasteiger partial charge >= 0.3 is 0 Å². The highest BCUT2D eigenvalue weighted by molar-refractivity contribution is 9.10. The van der Waals surface area contributed by atoms with E-state index in [1.165, 1.54) is 6.07 Å². The number of halogens is 2. The van der Waals surface area contributed by atoms with Gasteiger partial charge in [0.2, 0.25) is 0 Å². The van der Waals surface area contributed by atoms with Crippen LogP contribution in [0.25, 0.3) is 0 Å². The molecule has 0 aliphatic heterocycles. The van der Waals surface area contributed by atoms with Gasteiger partial charge in [-0.15, -0.1) is 0 Å². The first-order valence-corrected chi connectivity index (χ1v) is 6.91. The first kappa shape index (κ1) is 14.0. The van der Waals surface area contributed by atoms with Crippen molar-refractivity contribution in [3.63, 3.8) is 0 Å². The average Bonchev–Trinajstić information content (AvgIpc) is 2.77. The number of benzene rings is 1. The molecular formula is C13H16BrFN4. The number of nitrogens with zero attached hydrogens (tertiary/aromatic N) is 3. The molecule has 0 atom stereocenters. The highest BCUT2D eigenvalue weighted by Crippen LogP contribution is 2.20. The molecule has 1 N–H and O–H groups in total. The van der Waals surface area contributed by atoms with Crippen LogP contribution in [0, 0.1) is 11.7 Å². The standard InChI is InChI=1S/C13H16BrFN4/c1-9(2)7-19-13(17-8-18-19)6-16-10-3-4-12(15)11(14)5-10/h3-5,8-9,16H,6-7H2,1-2H3. The largest absolute Gasteiger partial charge is 0.378 e. The second-order valence-corrected chi connectivity index (χ2v) is 5.59. The third-order valence-electron chi connectivity index (χ3n) is 2.60. The smallest absolute Gasteiger partial charge is 0.146 e. The topological polar surface area (TPSA) is 42.7 Å². The molecule has 2 rings (SSSR count). The van der Waals surface area contributed by atoms with Gasteiger partial charge in [0, 0.05) is 12.2 Å². The van der Waals surface area contributed by atoms with Crippen LogP contribution < -0.4 is 5.32 Å². The molecule has 0 radical (unpaired) electrons. The maximum absolute atomic E-state index is 13.1. The zero-order valence-electron chi connectivity index (χ0n) is 10.9. The summed E-state index contributed by atoms with van der Waals surface area (Å²) in [4.78, 5) is 4.23. The molecular weight excluding hydrogens is 311 g/mol. The summed E-state index contributed by atoms with van der Waals surface area (Å²) in [5.74, 6) is 1.11. The molecule has 0 aliphatic carbocycles. The molecule has 0 fully saturated rings. The Labute approximate surface area is 120 Å². The van der Waals surface area contributed by atoms with Crippen LogP contribution in [0.4, 0.5) is 10.1 Å². The fraction of sp³-hybridized carbons (Fsp3) is 0.385. The van der Waals surface area contributed by atoms with Crippen LogP contribution in [0.5, 0.6) is 0 Å². The van der Waals surface area contributed by atoms with E-state index in [1.54, 1.807) is 18.5 Å². The molecule has 0 bridgehead atoms. The number of rotatable bonds is 5. The van der Waals surface area contributed by atoms with Crippen LogP contribution in [0.2, 0.25) is 0 Å². The Morgan fingerprint density at radius 2 is 2.21 bits per heavy atom. The van der Waals surface area contributed by atoms with Crippen LogP contribution in [0.1, 0.15) is 19.7 Å². The van der Waals surface area contributed by atoms with Gasteiger partial charge in [-0.3, -0.25) is 0 Å². The minimum atomic E-state index is -0.270. The van der Waals surface area contributed by atoms with Gasteiger partial charge in [0.05, 0.1) is 11.0 Å². The van der Waals surface area contributed by atoms with Crippen molar-refractivity contribution in [2.24, 2.45) is 5.92 Å². The summed E-state index contributed by atoms with van der Waals surface area (Å²) in [5, 5.41) is 7.41. The van der Waals surface area contributed by atoms with E-state index in [1.807, 2.05) is 4.68 Å². The summed E-state index contributed by atoms with van der Waals surface area (Å²) >= 11 is 3.16. The van der Waals surface area contributed by atoms with Crippen molar-refractivity contribution in [3.8, 4) is 0 Å². The predicted octanol–water partition coefficient (Wildman–Crippen LogP) is 3.45. The molecule has 102 valence electrons. The van der Waals surface area contributed by atoms with E-state index in [9.17, 15) is 4.39 Å². The molecule has 0 saturated carbocycles. The molecule has 1 aromatic heterocycles. The molecule has 1 aromatic carbocycles. The normalized spacial score (nSPS) is 11.0. The van der Waals surface area contributed by atoms with Gasteiger partial charge in [0.15, 0.2) is 0 Å². The Bertz CT molecular complexity index is 553. The molecule has 0 unspecified atom stereocenters. The minimum absolute atomic E-state index is 0.270. The summed E-state index contributed by atoms with van der Waals surface area (Å²) in [6, 6.07) is 4.83. The summed E-state index contributed by atoms with van der Waals surface area (Å²) in [6.07, 6.45) is 1.56. The maximum atomic E-state index is 13.1. The first-order valence-electron chi connectivity index (χ1n) is 6.12. The van der Waals surface area contributed by atoms with E-state index in [0.717, 1.165) is 18.1 Å². The Kier molecular flexibility index (Phi) is 4.52. The summed E-state index contributed by atoms with van der Waals surface area (Å²) in [5.41, 5.74) is 0.840. The van der Waals surface area contributed by atoms with Crippen molar-refractivity contribution in [1.29, 1.82) is 0 Å². The van der Waals surface area contributed by atoms with Gasteiger partial charge < -0.3 is 5.32 Å². The van der Waals surface area contributed by atoms with Crippen LogP contribution in [-0.4, -0.2) is 14.8 Å². The molecule has 2 aromatic rings. The molecule has 19 heavy (non-hydrogen) atoms. The van der Waals surface area contributed by atoms with Crippen molar-refractivity contribution in [1.82, 2.24) is 14.8 Å². The van der Waals surface area contributed by atoms with Gasteiger partial charge in [-0.2, -0.15) is 5.10 Å². The fourth-order valence-electron chi connectivity index (χ4n) is 1.71. The van der Waals surface area contributed by atoms with Gasteiger partial charge in [-0.05, 0) is 40.0 Å². The van der Waals surface area contributed by atoms with Crippen LogP contribution in [0.15, 0.2) is 29.0 Å². The molecule has 4 nitrogen and oxygen atoms in total. The molecule has 1 heterocycles. The third-order valence-corrected chi connectivity index (χ3v) is 3.21. The molecule has 0 spiro atoms. The van der Waals surface area contributed by atoms with Gasteiger partial charge in [0.1, 0.15) is 18.0 Å². The lowest BCUT2D eigenvalue weighted by atomic mass is 10.2. The Morgan fingerprint density at radius 1 is 1.42 bits per heavy atom. The SMILES string of the molecule is CC(C)Cn1ncnc1CNc1ccc(F)c(Br)c1. The number of nitrogens with one attached hydrogen (secondary N) is 1. The van der Waals surface area contributed by atoms with E-state index in [0.29, 0.717) is 16.9 Å². The maximum Gasteiger partial charge on any atom is 0.146 e. The van der Waals surface area contributed by atoms with Gasteiger partial charge in [-0.25, -0.2) is 14.1 Å². The minimum Gasteiger partial charge on any atom is -0.378 e. The van der Waals surface area contributed by atoms with Crippen molar-refractivity contribution >= 4 is 21.6 Å². The summed E-state index contributed by atoms with van der Waals surface area (Å²) in [6.45, 7) is 5.67. The average molecular weight is 327 g/mol. The highest BCUT2D eigenvalue weighted by atomic mass is 79.9. The number of aromatic nitrogens is 3. The zero-order valence-corrected chi connectivity index (χ0v) is 12.5. The highest BCUT2D eigenvalue weighted by Gasteiger charge is 2.06. The van der Waals surface area contributed by atoms with E-state index < -0.39 is 0 Å².